The van der Waals surface area contributed by atoms with Gasteiger partial charge in [-0.25, -0.2) is 4.98 Å². The third-order valence-corrected chi connectivity index (χ3v) is 2.84. The van der Waals surface area contributed by atoms with Gasteiger partial charge in [-0.15, -0.1) is 0 Å². The first kappa shape index (κ1) is 14.2. The Kier molecular flexibility index (Phi) is 4.88. The molecular weight excluding hydrogens is 230 g/mol. The van der Waals surface area contributed by atoms with E-state index in [-0.39, 0.29) is 6.04 Å². The molecule has 0 spiro atoms. The van der Waals surface area contributed by atoms with Crippen LogP contribution >= 0.6 is 0 Å². The highest BCUT2D eigenvalue weighted by molar-refractivity contribution is 5.97. The molecule has 1 amide bonds. The summed E-state index contributed by atoms with van der Waals surface area (Å²) in [5.74, 6) is 0.853. The third-order valence-electron chi connectivity index (χ3n) is 2.84. The van der Waals surface area contributed by atoms with E-state index < -0.39 is 5.91 Å². The van der Waals surface area contributed by atoms with Crippen molar-refractivity contribution in [2.45, 2.75) is 33.2 Å². The zero-order valence-electron chi connectivity index (χ0n) is 11.3. The number of aromatic nitrogens is 2. The van der Waals surface area contributed by atoms with E-state index in [4.69, 9.17) is 5.73 Å². The summed E-state index contributed by atoms with van der Waals surface area (Å²) in [6.07, 6.45) is 2.38. The number of primary amides is 1. The van der Waals surface area contributed by atoms with Crippen LogP contribution in [0.15, 0.2) is 6.20 Å². The Balaban J connectivity index is 3.07. The lowest BCUT2D eigenvalue weighted by atomic mass is 10.0. The van der Waals surface area contributed by atoms with Gasteiger partial charge in [0.15, 0.2) is 0 Å². The Morgan fingerprint density at radius 1 is 1.50 bits per heavy atom. The van der Waals surface area contributed by atoms with Crippen LogP contribution in [0, 0.1) is 5.92 Å². The highest BCUT2D eigenvalue weighted by atomic mass is 16.1. The van der Waals surface area contributed by atoms with Gasteiger partial charge in [0.25, 0.3) is 5.91 Å². The number of carbonyl (C=O) groups excluding carboxylic acids is 1. The molecule has 0 bridgehead atoms. The van der Waals surface area contributed by atoms with Crippen molar-refractivity contribution >= 4 is 17.7 Å². The van der Waals surface area contributed by atoms with Crippen molar-refractivity contribution in [1.29, 1.82) is 0 Å². The first-order valence-corrected chi connectivity index (χ1v) is 6.10. The summed E-state index contributed by atoms with van der Waals surface area (Å²) in [4.78, 5) is 19.6. The summed E-state index contributed by atoms with van der Waals surface area (Å²) in [6, 6.07) is 0.239. The molecule has 0 aliphatic rings. The van der Waals surface area contributed by atoms with Crippen LogP contribution in [-0.4, -0.2) is 29.0 Å². The fraction of sp³-hybridized carbons (Fsp3) is 0.583. The molecule has 1 rings (SSSR count). The van der Waals surface area contributed by atoms with Crippen molar-refractivity contribution < 1.29 is 4.79 Å². The van der Waals surface area contributed by atoms with Crippen molar-refractivity contribution in [3.8, 4) is 0 Å². The summed E-state index contributed by atoms with van der Waals surface area (Å²) >= 11 is 0. The SMILES string of the molecule is CC[C@@H](Nc1nc(NC)ncc1C(N)=O)C(C)C. The molecule has 4 N–H and O–H groups in total. The molecule has 18 heavy (non-hydrogen) atoms. The zero-order chi connectivity index (χ0) is 13.7. The van der Waals surface area contributed by atoms with Gasteiger partial charge in [0, 0.05) is 19.3 Å². The van der Waals surface area contributed by atoms with Gasteiger partial charge in [-0.2, -0.15) is 4.98 Å². The number of hydrogen-bond donors (Lipinski definition) is 3. The van der Waals surface area contributed by atoms with Crippen LogP contribution in [0.5, 0.6) is 0 Å². The Hall–Kier alpha value is -1.85. The Bertz CT molecular complexity index is 419. The highest BCUT2D eigenvalue weighted by Crippen LogP contribution is 2.18. The summed E-state index contributed by atoms with van der Waals surface area (Å²) in [6.45, 7) is 6.32. The van der Waals surface area contributed by atoms with Gasteiger partial charge in [-0.3, -0.25) is 4.79 Å². The molecule has 0 radical (unpaired) electrons. The minimum atomic E-state index is -0.529. The minimum absolute atomic E-state index is 0.239. The molecule has 1 aromatic heterocycles. The summed E-state index contributed by atoms with van der Waals surface area (Å²) in [5.41, 5.74) is 5.63. The second kappa shape index (κ2) is 6.18. The predicted molar refractivity (Wildman–Crippen MR) is 72.6 cm³/mol. The maximum Gasteiger partial charge on any atom is 0.254 e. The van der Waals surface area contributed by atoms with Crippen LogP contribution in [0.3, 0.4) is 0 Å². The third kappa shape index (κ3) is 3.32. The molecule has 0 aliphatic heterocycles. The van der Waals surface area contributed by atoms with Gasteiger partial charge in [0.1, 0.15) is 5.82 Å². The first-order chi connectivity index (χ1) is 8.49. The predicted octanol–water partition coefficient (Wildman–Crippen LogP) is 1.46. The molecule has 0 aliphatic carbocycles. The van der Waals surface area contributed by atoms with E-state index in [1.165, 1.54) is 6.20 Å². The van der Waals surface area contributed by atoms with Crippen LogP contribution < -0.4 is 16.4 Å². The number of nitrogens with one attached hydrogen (secondary N) is 2. The molecule has 6 heteroatoms. The number of amides is 1. The molecule has 6 nitrogen and oxygen atoms in total. The molecule has 0 saturated heterocycles. The Labute approximate surface area is 107 Å². The standard InChI is InChI=1S/C12H21N5O/c1-5-9(7(2)3)16-11-8(10(13)18)6-15-12(14-4)17-11/h6-7,9H,5H2,1-4H3,(H2,13,18)(H2,14,15,16,17)/t9-/m1/s1. The van der Waals surface area contributed by atoms with Gasteiger partial charge in [-0.1, -0.05) is 20.8 Å². The zero-order valence-corrected chi connectivity index (χ0v) is 11.3. The van der Waals surface area contributed by atoms with E-state index >= 15 is 0 Å². The summed E-state index contributed by atoms with van der Waals surface area (Å²) in [7, 11) is 1.73. The topological polar surface area (TPSA) is 92.9 Å². The maximum absolute atomic E-state index is 11.3. The molecule has 0 unspecified atom stereocenters. The molecule has 0 saturated carbocycles. The van der Waals surface area contributed by atoms with Crippen molar-refractivity contribution in [2.24, 2.45) is 11.7 Å². The number of carbonyl (C=O) groups is 1. The van der Waals surface area contributed by atoms with E-state index in [0.717, 1.165) is 6.42 Å². The van der Waals surface area contributed by atoms with E-state index in [1.807, 2.05) is 0 Å². The lowest BCUT2D eigenvalue weighted by molar-refractivity contribution is 0.100. The first-order valence-electron chi connectivity index (χ1n) is 6.10. The lowest BCUT2D eigenvalue weighted by Gasteiger charge is -2.22. The van der Waals surface area contributed by atoms with Crippen molar-refractivity contribution in [1.82, 2.24) is 9.97 Å². The fourth-order valence-corrected chi connectivity index (χ4v) is 1.71. The molecule has 100 valence electrons. The van der Waals surface area contributed by atoms with E-state index in [1.54, 1.807) is 7.05 Å². The number of nitrogens with two attached hydrogens (primary N) is 1. The second-order valence-corrected chi connectivity index (χ2v) is 4.47. The molecule has 1 aromatic rings. The quantitative estimate of drug-likeness (QED) is 0.711. The lowest BCUT2D eigenvalue weighted by Crippen LogP contribution is -2.27. The number of rotatable bonds is 6. The number of nitrogens with zero attached hydrogens (tertiary/aromatic N) is 2. The number of anilines is 2. The van der Waals surface area contributed by atoms with Gasteiger partial charge < -0.3 is 16.4 Å². The molecule has 0 aromatic carbocycles. The van der Waals surface area contributed by atoms with Gasteiger partial charge in [-0.05, 0) is 12.3 Å². The molecule has 0 fully saturated rings. The Morgan fingerprint density at radius 3 is 2.61 bits per heavy atom. The monoisotopic (exact) mass is 251 g/mol. The minimum Gasteiger partial charge on any atom is -0.366 e. The molecule has 1 heterocycles. The van der Waals surface area contributed by atoms with Crippen LogP contribution in [0.1, 0.15) is 37.6 Å². The van der Waals surface area contributed by atoms with E-state index in [9.17, 15) is 4.79 Å². The molecular formula is C12H21N5O. The van der Waals surface area contributed by atoms with Crippen LogP contribution in [0.25, 0.3) is 0 Å². The van der Waals surface area contributed by atoms with E-state index in [2.05, 4.69) is 41.4 Å². The fourth-order valence-electron chi connectivity index (χ4n) is 1.71. The maximum atomic E-state index is 11.3. The van der Waals surface area contributed by atoms with Crippen molar-refractivity contribution in [3.05, 3.63) is 11.8 Å². The normalized spacial score (nSPS) is 12.3. The highest BCUT2D eigenvalue weighted by Gasteiger charge is 2.17. The average Bonchev–Trinajstić information content (AvgIpc) is 2.34. The smallest absolute Gasteiger partial charge is 0.254 e. The number of hydrogen-bond acceptors (Lipinski definition) is 5. The van der Waals surface area contributed by atoms with Crippen LogP contribution in [-0.2, 0) is 0 Å². The summed E-state index contributed by atoms with van der Waals surface area (Å²) in [5, 5.41) is 6.10. The van der Waals surface area contributed by atoms with Crippen molar-refractivity contribution in [2.75, 3.05) is 17.7 Å². The van der Waals surface area contributed by atoms with E-state index in [0.29, 0.717) is 23.2 Å². The summed E-state index contributed by atoms with van der Waals surface area (Å²) < 4.78 is 0. The second-order valence-electron chi connectivity index (χ2n) is 4.47. The van der Waals surface area contributed by atoms with Gasteiger partial charge >= 0.3 is 0 Å². The molecule has 1 atom stereocenters. The average molecular weight is 251 g/mol. The van der Waals surface area contributed by atoms with Gasteiger partial charge in [0.2, 0.25) is 5.95 Å². The van der Waals surface area contributed by atoms with Crippen LogP contribution in [0.2, 0.25) is 0 Å². The van der Waals surface area contributed by atoms with Gasteiger partial charge in [0.05, 0.1) is 5.56 Å². The Morgan fingerprint density at radius 2 is 2.17 bits per heavy atom. The van der Waals surface area contributed by atoms with Crippen molar-refractivity contribution in [3.63, 3.8) is 0 Å². The van der Waals surface area contributed by atoms with Crippen LogP contribution in [0.4, 0.5) is 11.8 Å². The largest absolute Gasteiger partial charge is 0.366 e.